The monoisotopic (exact) mass is 282 g/mol. The minimum atomic E-state index is 0.408. The summed E-state index contributed by atoms with van der Waals surface area (Å²) in [6.45, 7) is 23.5. The summed E-state index contributed by atoms with van der Waals surface area (Å²) in [5.41, 5.74) is 1.34. The molecular weight excluding hydrogens is 240 g/mol. The van der Waals surface area contributed by atoms with Gasteiger partial charge in [0, 0.05) is 0 Å². The summed E-state index contributed by atoms with van der Waals surface area (Å²) in [6, 6.07) is 0. The van der Waals surface area contributed by atoms with E-state index in [-0.39, 0.29) is 0 Å². The van der Waals surface area contributed by atoms with E-state index >= 15 is 0 Å². The van der Waals surface area contributed by atoms with Crippen molar-refractivity contribution >= 4 is 0 Å². The summed E-state index contributed by atoms with van der Waals surface area (Å²) >= 11 is 0. The smallest absolute Gasteiger partial charge is 0.0275 e. The highest BCUT2D eigenvalue weighted by molar-refractivity contribution is 4.94. The van der Waals surface area contributed by atoms with Crippen molar-refractivity contribution in [3.05, 3.63) is 0 Å². The summed E-state index contributed by atoms with van der Waals surface area (Å²) in [5.74, 6) is 1.85. The minimum absolute atomic E-state index is 0.408. The fourth-order valence-corrected chi connectivity index (χ4v) is 3.74. The molecule has 1 aliphatic rings. The van der Waals surface area contributed by atoms with Crippen molar-refractivity contribution in [2.24, 2.45) is 28.1 Å². The molecule has 0 N–H and O–H groups in total. The summed E-state index contributed by atoms with van der Waals surface area (Å²) in [5, 5.41) is 0. The maximum atomic E-state index is 2.51. The molecule has 0 spiro atoms. The molecule has 122 valence electrons. The lowest BCUT2D eigenvalue weighted by atomic mass is 9.54. The van der Waals surface area contributed by atoms with Crippen LogP contribution < -0.4 is 0 Å². The molecule has 0 radical (unpaired) electrons. The zero-order chi connectivity index (χ0) is 16.2. The lowest BCUT2D eigenvalue weighted by Crippen LogP contribution is -2.43. The van der Waals surface area contributed by atoms with Gasteiger partial charge in [0.25, 0.3) is 0 Å². The average Bonchev–Trinajstić information content (AvgIpc) is 2.28. The molecule has 0 heterocycles. The fourth-order valence-electron chi connectivity index (χ4n) is 3.74. The van der Waals surface area contributed by atoms with Crippen LogP contribution in [0, 0.1) is 28.1 Å². The van der Waals surface area contributed by atoms with Gasteiger partial charge in [-0.25, -0.2) is 0 Å². The third kappa shape index (κ3) is 5.41. The molecule has 0 aliphatic heterocycles. The van der Waals surface area contributed by atoms with Crippen molar-refractivity contribution in [2.45, 2.75) is 101 Å². The third-order valence-corrected chi connectivity index (χ3v) is 5.64. The van der Waals surface area contributed by atoms with Gasteiger partial charge in [-0.3, -0.25) is 0 Å². The second-order valence-electron chi connectivity index (χ2n) is 9.39. The van der Waals surface area contributed by atoms with Gasteiger partial charge in [-0.05, 0) is 40.9 Å². The minimum Gasteiger partial charge on any atom is -0.0683 e. The van der Waals surface area contributed by atoms with Crippen molar-refractivity contribution in [2.75, 3.05) is 0 Å². The van der Waals surface area contributed by atoms with Gasteiger partial charge in [0.05, 0.1) is 0 Å². The topological polar surface area (TPSA) is 0 Å². The van der Waals surface area contributed by atoms with Crippen LogP contribution in [0.1, 0.15) is 101 Å². The van der Waals surface area contributed by atoms with Crippen LogP contribution in [0.3, 0.4) is 0 Å². The van der Waals surface area contributed by atoms with Crippen molar-refractivity contribution in [3.8, 4) is 0 Å². The van der Waals surface area contributed by atoms with Gasteiger partial charge in [-0.15, -0.1) is 0 Å². The highest BCUT2D eigenvalue weighted by Crippen LogP contribution is 2.53. The Hall–Kier alpha value is 0. The van der Waals surface area contributed by atoms with Crippen molar-refractivity contribution < 1.29 is 0 Å². The summed E-state index contributed by atoms with van der Waals surface area (Å²) in [4.78, 5) is 0. The van der Waals surface area contributed by atoms with E-state index in [0.717, 1.165) is 11.8 Å². The van der Waals surface area contributed by atoms with Crippen LogP contribution in [-0.4, -0.2) is 0 Å². The molecule has 1 saturated carbocycles. The van der Waals surface area contributed by atoms with Gasteiger partial charge in [-0.1, -0.05) is 88.5 Å². The summed E-state index contributed by atoms with van der Waals surface area (Å²) in [6.07, 6.45) is 7.21. The molecule has 0 saturated heterocycles. The predicted octanol–water partition coefficient (Wildman–Crippen LogP) is 7.33. The maximum Gasteiger partial charge on any atom is -0.0275 e. The second kappa shape index (κ2) is 7.32. The Kier molecular flexibility index (Phi) is 7.32. The molecule has 0 aromatic rings. The standard InChI is InChI=1S/C18H36.C2H6/c1-16(2,3)13-14-11-9-10-12-15(14)18(7,8)17(4,5)6;1-2/h14-15H,9-13H2,1-8H3;1-2H3. The van der Waals surface area contributed by atoms with Crippen LogP contribution >= 0.6 is 0 Å². The van der Waals surface area contributed by atoms with Crippen molar-refractivity contribution in [1.29, 1.82) is 0 Å². The van der Waals surface area contributed by atoms with Gasteiger partial charge >= 0.3 is 0 Å². The summed E-state index contributed by atoms with van der Waals surface area (Å²) in [7, 11) is 0. The van der Waals surface area contributed by atoms with E-state index in [1.165, 1.54) is 32.1 Å². The van der Waals surface area contributed by atoms with Crippen LogP contribution in [0.25, 0.3) is 0 Å². The van der Waals surface area contributed by atoms with Gasteiger partial charge in [0.2, 0.25) is 0 Å². The highest BCUT2D eigenvalue weighted by Gasteiger charge is 2.44. The van der Waals surface area contributed by atoms with E-state index in [0.29, 0.717) is 16.2 Å². The molecule has 0 aromatic carbocycles. The second-order valence-corrected chi connectivity index (χ2v) is 9.39. The Morgan fingerprint density at radius 1 is 0.750 bits per heavy atom. The molecule has 0 aromatic heterocycles. The van der Waals surface area contributed by atoms with Crippen LogP contribution in [0.15, 0.2) is 0 Å². The first-order valence-electron chi connectivity index (χ1n) is 8.95. The first-order valence-corrected chi connectivity index (χ1v) is 8.95. The Morgan fingerprint density at radius 3 is 1.60 bits per heavy atom. The molecule has 1 aliphatic carbocycles. The molecule has 0 heteroatoms. The van der Waals surface area contributed by atoms with E-state index in [1.807, 2.05) is 13.8 Å². The van der Waals surface area contributed by atoms with Gasteiger partial charge in [0.15, 0.2) is 0 Å². The van der Waals surface area contributed by atoms with E-state index in [9.17, 15) is 0 Å². The number of rotatable bonds is 2. The average molecular weight is 283 g/mol. The van der Waals surface area contributed by atoms with Crippen LogP contribution in [-0.2, 0) is 0 Å². The molecule has 0 bridgehead atoms. The van der Waals surface area contributed by atoms with Crippen LogP contribution in [0.2, 0.25) is 0 Å². The normalized spacial score (nSPS) is 24.9. The van der Waals surface area contributed by atoms with Gasteiger partial charge in [0.1, 0.15) is 0 Å². The molecule has 1 rings (SSSR count). The number of hydrogen-bond acceptors (Lipinski definition) is 0. The maximum absolute atomic E-state index is 2.51. The molecule has 0 amide bonds. The molecule has 2 unspecified atom stereocenters. The molecule has 0 nitrogen and oxygen atoms in total. The van der Waals surface area contributed by atoms with Crippen molar-refractivity contribution in [3.63, 3.8) is 0 Å². The molecule has 2 atom stereocenters. The first kappa shape index (κ1) is 20.0. The Balaban J connectivity index is 0.00000172. The van der Waals surface area contributed by atoms with E-state index in [4.69, 9.17) is 0 Å². The largest absolute Gasteiger partial charge is 0.0683 e. The predicted molar refractivity (Wildman–Crippen MR) is 94.1 cm³/mol. The Morgan fingerprint density at radius 2 is 1.20 bits per heavy atom. The number of hydrogen-bond donors (Lipinski definition) is 0. The Labute approximate surface area is 130 Å². The van der Waals surface area contributed by atoms with E-state index in [2.05, 4.69) is 55.4 Å². The fraction of sp³-hybridized carbons (Fsp3) is 1.00. The van der Waals surface area contributed by atoms with E-state index in [1.54, 1.807) is 0 Å². The third-order valence-electron chi connectivity index (χ3n) is 5.64. The highest BCUT2D eigenvalue weighted by atomic mass is 14.5. The van der Waals surface area contributed by atoms with E-state index < -0.39 is 0 Å². The zero-order valence-corrected chi connectivity index (χ0v) is 16.2. The summed E-state index contributed by atoms with van der Waals surface area (Å²) < 4.78 is 0. The molecule has 20 heavy (non-hydrogen) atoms. The van der Waals surface area contributed by atoms with Gasteiger partial charge < -0.3 is 0 Å². The Bertz CT molecular complexity index is 259. The zero-order valence-electron chi connectivity index (χ0n) is 16.2. The first-order chi connectivity index (χ1) is 8.95. The quantitative estimate of drug-likeness (QED) is 0.497. The van der Waals surface area contributed by atoms with Crippen LogP contribution in [0.5, 0.6) is 0 Å². The van der Waals surface area contributed by atoms with Gasteiger partial charge in [-0.2, -0.15) is 0 Å². The van der Waals surface area contributed by atoms with Crippen molar-refractivity contribution in [1.82, 2.24) is 0 Å². The SMILES string of the molecule is CC.CC(C)(C)CC1CCCCC1C(C)(C)C(C)(C)C. The van der Waals surface area contributed by atoms with Crippen LogP contribution in [0.4, 0.5) is 0 Å². The molecule has 1 fully saturated rings. The molecular formula is C20H42. The lowest BCUT2D eigenvalue weighted by molar-refractivity contribution is -0.0144. The lowest BCUT2D eigenvalue weighted by Gasteiger charge is -2.51.